The van der Waals surface area contributed by atoms with E-state index in [0.717, 1.165) is 60.4 Å². The van der Waals surface area contributed by atoms with E-state index in [1.165, 1.54) is 24.3 Å². The Balaban J connectivity index is 1.72. The highest BCUT2D eigenvalue weighted by Crippen LogP contribution is 2.37. The van der Waals surface area contributed by atoms with E-state index >= 15 is 4.39 Å². The Kier molecular flexibility index (Phi) is 8.49. The minimum atomic E-state index is -4.33. The third kappa shape index (κ3) is 6.13. The largest absolute Gasteiger partial charge is 0.343 e. The summed E-state index contributed by atoms with van der Waals surface area (Å²) in [4.78, 5) is 14.5. The zero-order valence-electron chi connectivity index (χ0n) is 20.5. The lowest BCUT2D eigenvalue weighted by atomic mass is 9.97. The summed E-state index contributed by atoms with van der Waals surface area (Å²) in [6.45, 7) is 3.13. The highest BCUT2D eigenvalue weighted by molar-refractivity contribution is 7.92. The Morgan fingerprint density at radius 3 is 2.38 bits per heavy atom. The van der Waals surface area contributed by atoms with E-state index in [1.54, 1.807) is 19.1 Å². The number of rotatable bonds is 8. The van der Waals surface area contributed by atoms with Crippen LogP contribution >= 0.6 is 11.6 Å². The van der Waals surface area contributed by atoms with Gasteiger partial charge in [0.25, 0.3) is 10.0 Å². The summed E-state index contributed by atoms with van der Waals surface area (Å²) in [5.74, 6) is -1.58. The number of hydrogen-bond donors (Lipinski definition) is 0. The van der Waals surface area contributed by atoms with Gasteiger partial charge in [0.15, 0.2) is 0 Å². The maximum Gasteiger partial charge on any atom is 0.264 e. The van der Waals surface area contributed by atoms with Crippen LogP contribution in [0.25, 0.3) is 0 Å². The van der Waals surface area contributed by atoms with Crippen molar-refractivity contribution in [2.24, 2.45) is 0 Å². The third-order valence-electron chi connectivity index (χ3n) is 6.69. The van der Waals surface area contributed by atoms with Gasteiger partial charge < -0.3 is 4.90 Å². The lowest BCUT2D eigenvalue weighted by Crippen LogP contribution is -2.36. The summed E-state index contributed by atoms with van der Waals surface area (Å²) in [5, 5.41) is 0.346. The molecule has 0 aromatic heterocycles. The Morgan fingerprint density at radius 2 is 1.68 bits per heavy atom. The van der Waals surface area contributed by atoms with Crippen molar-refractivity contribution in [3.8, 4) is 0 Å². The topological polar surface area (TPSA) is 57.7 Å². The van der Waals surface area contributed by atoms with E-state index in [0.29, 0.717) is 17.0 Å². The van der Waals surface area contributed by atoms with Crippen LogP contribution in [0.3, 0.4) is 0 Å². The first-order chi connectivity index (χ1) is 17.7. The highest BCUT2D eigenvalue weighted by Gasteiger charge is 2.33. The normalized spacial score (nSPS) is 14.9. The first-order valence-electron chi connectivity index (χ1n) is 12.3. The number of amides is 1. The van der Waals surface area contributed by atoms with Crippen molar-refractivity contribution in [1.29, 1.82) is 0 Å². The molecule has 0 N–H and O–H groups in total. The van der Waals surface area contributed by atoms with Gasteiger partial charge in [-0.1, -0.05) is 35.9 Å². The van der Waals surface area contributed by atoms with Crippen molar-refractivity contribution in [1.82, 2.24) is 4.90 Å². The minimum Gasteiger partial charge on any atom is -0.343 e. The number of carbonyl (C=O) groups is 1. The van der Waals surface area contributed by atoms with Crippen LogP contribution in [0.2, 0.25) is 5.02 Å². The summed E-state index contributed by atoms with van der Waals surface area (Å²) in [5.41, 5.74) is 0.977. The smallest absolute Gasteiger partial charge is 0.264 e. The van der Waals surface area contributed by atoms with Crippen LogP contribution in [0.1, 0.15) is 49.8 Å². The maximum absolute atomic E-state index is 15.0. The second kappa shape index (κ2) is 11.6. The molecule has 0 spiro atoms. The van der Waals surface area contributed by atoms with Crippen LogP contribution in [0, 0.1) is 11.6 Å². The van der Waals surface area contributed by atoms with Crippen molar-refractivity contribution >= 4 is 33.2 Å². The van der Waals surface area contributed by atoms with Crippen LogP contribution in [0.4, 0.5) is 14.5 Å². The minimum absolute atomic E-state index is 0.0592. The molecule has 4 rings (SSSR count). The van der Waals surface area contributed by atoms with Gasteiger partial charge in [-0.25, -0.2) is 17.2 Å². The molecule has 1 saturated heterocycles. The van der Waals surface area contributed by atoms with Crippen LogP contribution < -0.4 is 4.31 Å². The summed E-state index contributed by atoms with van der Waals surface area (Å²) in [7, 11) is -4.33. The van der Waals surface area contributed by atoms with Gasteiger partial charge in [0.1, 0.15) is 11.6 Å². The molecule has 1 atom stereocenters. The lowest BCUT2D eigenvalue weighted by molar-refractivity contribution is -0.132. The van der Waals surface area contributed by atoms with Gasteiger partial charge in [-0.2, -0.15) is 0 Å². The summed E-state index contributed by atoms with van der Waals surface area (Å²) < 4.78 is 57.8. The molecule has 3 aromatic rings. The van der Waals surface area contributed by atoms with Crippen LogP contribution in [-0.2, 0) is 21.2 Å². The van der Waals surface area contributed by atoms with Gasteiger partial charge in [-0.3, -0.25) is 9.10 Å². The fourth-order valence-corrected chi connectivity index (χ4v) is 6.52. The molecule has 0 radical (unpaired) electrons. The second-order valence-electron chi connectivity index (χ2n) is 9.17. The molecule has 0 bridgehead atoms. The standard InChI is InChI=1S/C28H29ClF2N2O3S/c1-20(25-8-4-3-7-21(25)9-16-28(34)32-17-5-2-6-18-32)33(27-19-23(30)12-15-26(27)31)37(35,36)24-13-10-22(29)11-14-24/h3-4,7-8,10-15,19-20H,2,5-6,9,16-18H2,1H3/t20-/m1/s1. The fraction of sp³-hybridized carbons (Fsp3) is 0.321. The molecule has 0 saturated carbocycles. The number of likely N-dealkylation sites (tertiary alicyclic amines) is 1. The number of benzene rings is 3. The molecule has 1 amide bonds. The first kappa shape index (κ1) is 27.1. The Morgan fingerprint density at radius 1 is 1.00 bits per heavy atom. The van der Waals surface area contributed by atoms with Crippen molar-refractivity contribution in [2.45, 2.75) is 50.0 Å². The average molecular weight is 547 g/mol. The molecule has 1 fully saturated rings. The molecular weight excluding hydrogens is 518 g/mol. The number of piperidine rings is 1. The van der Waals surface area contributed by atoms with Crippen LogP contribution in [-0.4, -0.2) is 32.3 Å². The molecule has 196 valence electrons. The average Bonchev–Trinajstić information content (AvgIpc) is 2.90. The summed E-state index contributed by atoms with van der Waals surface area (Å²) >= 11 is 5.95. The number of nitrogens with zero attached hydrogens (tertiary/aromatic N) is 2. The number of hydrogen-bond acceptors (Lipinski definition) is 3. The molecule has 1 heterocycles. The van der Waals surface area contributed by atoms with E-state index in [2.05, 4.69) is 0 Å². The quantitative estimate of drug-likeness (QED) is 0.323. The van der Waals surface area contributed by atoms with Gasteiger partial charge in [0.2, 0.25) is 5.91 Å². The molecule has 1 aliphatic heterocycles. The molecule has 5 nitrogen and oxygen atoms in total. The number of anilines is 1. The maximum atomic E-state index is 15.0. The van der Waals surface area contributed by atoms with Crippen molar-refractivity contribution in [2.75, 3.05) is 17.4 Å². The number of carbonyl (C=O) groups excluding carboxylic acids is 1. The van der Waals surface area contributed by atoms with E-state index in [9.17, 15) is 17.6 Å². The van der Waals surface area contributed by atoms with Crippen molar-refractivity contribution < 1.29 is 22.0 Å². The summed E-state index contributed by atoms with van der Waals surface area (Å²) in [6.07, 6.45) is 3.79. The van der Waals surface area contributed by atoms with Crippen molar-refractivity contribution in [3.63, 3.8) is 0 Å². The Hall–Kier alpha value is -2.97. The van der Waals surface area contributed by atoms with Gasteiger partial charge in [0.05, 0.1) is 16.6 Å². The predicted octanol–water partition coefficient (Wildman–Crippen LogP) is 6.52. The van der Waals surface area contributed by atoms with Crippen molar-refractivity contribution in [3.05, 3.63) is 94.5 Å². The number of halogens is 3. The molecule has 37 heavy (non-hydrogen) atoms. The third-order valence-corrected chi connectivity index (χ3v) is 8.84. The molecule has 1 aliphatic rings. The molecular formula is C28H29ClF2N2O3S. The van der Waals surface area contributed by atoms with E-state index < -0.39 is 33.4 Å². The molecule has 0 aliphatic carbocycles. The number of aryl methyl sites for hydroxylation is 1. The Labute approximate surface area is 221 Å². The SMILES string of the molecule is C[C@H](c1ccccc1CCC(=O)N1CCCCC1)N(c1cc(F)ccc1F)S(=O)(=O)c1ccc(Cl)cc1. The molecule has 9 heteroatoms. The zero-order chi connectivity index (χ0) is 26.6. The van der Waals surface area contributed by atoms with Gasteiger partial charge >= 0.3 is 0 Å². The molecule has 3 aromatic carbocycles. The van der Waals surface area contributed by atoms with E-state index in [4.69, 9.17) is 11.6 Å². The van der Waals surface area contributed by atoms with E-state index in [-0.39, 0.29) is 17.2 Å². The summed E-state index contributed by atoms with van der Waals surface area (Å²) in [6, 6.07) is 14.5. The van der Waals surface area contributed by atoms with E-state index in [1.807, 2.05) is 17.0 Å². The first-order valence-corrected chi connectivity index (χ1v) is 14.1. The van der Waals surface area contributed by atoms with Crippen LogP contribution in [0.15, 0.2) is 71.6 Å². The van der Waals surface area contributed by atoms with Crippen LogP contribution in [0.5, 0.6) is 0 Å². The van der Waals surface area contributed by atoms with Gasteiger partial charge in [-0.05, 0) is 80.1 Å². The zero-order valence-corrected chi connectivity index (χ0v) is 22.1. The fourth-order valence-electron chi connectivity index (χ4n) is 4.76. The van der Waals surface area contributed by atoms with Gasteiger partial charge in [-0.15, -0.1) is 0 Å². The molecule has 0 unspecified atom stereocenters. The Bertz CT molecular complexity index is 1360. The lowest BCUT2D eigenvalue weighted by Gasteiger charge is -2.32. The second-order valence-corrected chi connectivity index (χ2v) is 11.4. The highest BCUT2D eigenvalue weighted by atomic mass is 35.5. The predicted molar refractivity (Wildman–Crippen MR) is 141 cm³/mol. The number of sulfonamides is 1. The monoisotopic (exact) mass is 546 g/mol. The van der Waals surface area contributed by atoms with Gasteiger partial charge in [0, 0.05) is 30.6 Å².